The van der Waals surface area contributed by atoms with Crippen LogP contribution in [0.4, 0.5) is 5.00 Å². The molecule has 0 aliphatic heterocycles. The highest BCUT2D eigenvalue weighted by molar-refractivity contribution is 8.00. The van der Waals surface area contributed by atoms with Gasteiger partial charge in [0.1, 0.15) is 5.00 Å². The van der Waals surface area contributed by atoms with Crippen LogP contribution in [0.5, 0.6) is 0 Å². The second-order valence-corrected chi connectivity index (χ2v) is 7.35. The highest BCUT2D eigenvalue weighted by Gasteiger charge is 2.27. The van der Waals surface area contributed by atoms with Gasteiger partial charge in [0, 0.05) is 18.4 Å². The summed E-state index contributed by atoms with van der Waals surface area (Å²) >= 11 is 2.70. The molecular weight excluding hydrogens is 320 g/mol. The summed E-state index contributed by atoms with van der Waals surface area (Å²) in [7, 11) is 0. The molecule has 2 heterocycles. The summed E-state index contributed by atoms with van der Waals surface area (Å²) in [4.78, 5) is 27.9. The van der Waals surface area contributed by atoms with Crippen molar-refractivity contribution in [1.82, 2.24) is 9.55 Å². The molecule has 1 aliphatic carbocycles. The highest BCUT2D eigenvalue weighted by Crippen LogP contribution is 2.38. The average molecular weight is 336 g/mol. The van der Waals surface area contributed by atoms with Crippen molar-refractivity contribution in [1.29, 1.82) is 0 Å². The first-order valence-electron chi connectivity index (χ1n) is 6.94. The van der Waals surface area contributed by atoms with E-state index in [4.69, 9.17) is 5.73 Å². The third-order valence-corrected chi connectivity index (χ3v) is 5.32. The van der Waals surface area contributed by atoms with Crippen molar-refractivity contribution in [2.75, 3.05) is 5.32 Å². The molecule has 22 heavy (non-hydrogen) atoms. The summed E-state index contributed by atoms with van der Waals surface area (Å²) in [5, 5.41) is 5.53. The first-order chi connectivity index (χ1) is 10.6. The third kappa shape index (κ3) is 3.17. The molecule has 1 saturated carbocycles. The molecular formula is C14H16N4O2S2. The van der Waals surface area contributed by atoms with Crippen LogP contribution in [0.3, 0.4) is 0 Å². The van der Waals surface area contributed by atoms with Crippen LogP contribution in [0, 0.1) is 0 Å². The molecule has 1 aliphatic rings. The van der Waals surface area contributed by atoms with Gasteiger partial charge in [-0.15, -0.1) is 11.3 Å². The Hall–Kier alpha value is -1.80. The van der Waals surface area contributed by atoms with E-state index < -0.39 is 5.91 Å². The Labute approximate surface area is 136 Å². The maximum absolute atomic E-state index is 12.3. The van der Waals surface area contributed by atoms with Gasteiger partial charge in [0.05, 0.1) is 10.8 Å². The number of primary amides is 1. The van der Waals surface area contributed by atoms with Crippen LogP contribution in [0.15, 0.2) is 29.0 Å². The smallest absolute Gasteiger partial charge is 0.251 e. The van der Waals surface area contributed by atoms with Gasteiger partial charge in [-0.05, 0) is 31.2 Å². The van der Waals surface area contributed by atoms with Crippen LogP contribution >= 0.6 is 23.1 Å². The standard InChI is InChI=1S/C14H16N4O2S2/c1-8(22-14-16-5-6-18(14)9-2-3-9)12(20)17-13-10(11(15)19)4-7-21-13/h4-9H,2-3H2,1H3,(H2,15,19)(H,17,20). The molecule has 1 fully saturated rings. The van der Waals surface area contributed by atoms with Gasteiger partial charge in [-0.1, -0.05) is 11.8 Å². The lowest BCUT2D eigenvalue weighted by Gasteiger charge is -2.12. The number of thioether (sulfide) groups is 1. The Bertz CT molecular complexity index is 705. The number of rotatable bonds is 6. The Morgan fingerprint density at radius 3 is 3.00 bits per heavy atom. The lowest BCUT2D eigenvalue weighted by Crippen LogP contribution is -2.24. The fraction of sp³-hybridized carbons (Fsp3) is 0.357. The Morgan fingerprint density at radius 1 is 1.55 bits per heavy atom. The van der Waals surface area contributed by atoms with Crippen molar-refractivity contribution < 1.29 is 9.59 Å². The van der Waals surface area contributed by atoms with Gasteiger partial charge < -0.3 is 15.6 Å². The second kappa shape index (κ2) is 6.13. The van der Waals surface area contributed by atoms with E-state index in [1.807, 2.05) is 13.1 Å². The van der Waals surface area contributed by atoms with Crippen molar-refractivity contribution in [2.24, 2.45) is 5.73 Å². The zero-order valence-corrected chi connectivity index (χ0v) is 13.6. The molecule has 2 amide bonds. The second-order valence-electron chi connectivity index (χ2n) is 5.13. The third-order valence-electron chi connectivity index (χ3n) is 3.39. The molecule has 6 nitrogen and oxygen atoms in total. The molecule has 1 unspecified atom stereocenters. The number of nitrogens with zero attached hydrogens (tertiary/aromatic N) is 2. The van der Waals surface area contributed by atoms with E-state index in [0.29, 0.717) is 16.6 Å². The summed E-state index contributed by atoms with van der Waals surface area (Å²) in [5.74, 6) is -0.707. The molecule has 0 aromatic carbocycles. The highest BCUT2D eigenvalue weighted by atomic mass is 32.2. The average Bonchev–Trinajstić information content (AvgIpc) is 3.03. The maximum atomic E-state index is 12.3. The van der Waals surface area contributed by atoms with E-state index >= 15 is 0 Å². The van der Waals surface area contributed by atoms with Gasteiger partial charge in [-0.25, -0.2) is 4.98 Å². The predicted octanol–water partition coefficient (Wildman–Crippen LogP) is 2.50. The predicted molar refractivity (Wildman–Crippen MR) is 87.3 cm³/mol. The lowest BCUT2D eigenvalue weighted by atomic mass is 10.3. The van der Waals surface area contributed by atoms with Crippen molar-refractivity contribution in [3.63, 3.8) is 0 Å². The van der Waals surface area contributed by atoms with E-state index in [-0.39, 0.29) is 11.2 Å². The number of thiophene rings is 1. The van der Waals surface area contributed by atoms with Crippen molar-refractivity contribution in [3.8, 4) is 0 Å². The molecule has 0 saturated heterocycles. The SMILES string of the molecule is CC(Sc1nccn1C1CC1)C(=O)Nc1sccc1C(N)=O. The van der Waals surface area contributed by atoms with Crippen LogP contribution in [0.1, 0.15) is 36.2 Å². The van der Waals surface area contributed by atoms with E-state index in [9.17, 15) is 9.59 Å². The number of nitrogens with two attached hydrogens (primary N) is 1. The van der Waals surface area contributed by atoms with Gasteiger partial charge in [0.2, 0.25) is 5.91 Å². The Balaban J connectivity index is 1.65. The molecule has 116 valence electrons. The Kier molecular flexibility index (Phi) is 4.21. The largest absolute Gasteiger partial charge is 0.366 e. The molecule has 0 spiro atoms. The van der Waals surface area contributed by atoms with Crippen LogP contribution in [-0.2, 0) is 4.79 Å². The van der Waals surface area contributed by atoms with Gasteiger partial charge >= 0.3 is 0 Å². The zero-order valence-electron chi connectivity index (χ0n) is 12.0. The Morgan fingerprint density at radius 2 is 2.32 bits per heavy atom. The first-order valence-corrected chi connectivity index (χ1v) is 8.70. The molecule has 8 heteroatoms. The number of carbonyl (C=O) groups is 2. The van der Waals surface area contributed by atoms with Gasteiger partial charge in [-0.2, -0.15) is 0 Å². The fourth-order valence-corrected chi connectivity index (χ4v) is 3.78. The number of hydrogen-bond donors (Lipinski definition) is 2. The van der Waals surface area contributed by atoms with Gasteiger partial charge in [-0.3, -0.25) is 9.59 Å². The number of amides is 2. The number of nitrogens with one attached hydrogen (secondary N) is 1. The van der Waals surface area contributed by atoms with E-state index in [0.717, 1.165) is 5.16 Å². The van der Waals surface area contributed by atoms with E-state index in [2.05, 4.69) is 14.9 Å². The van der Waals surface area contributed by atoms with Gasteiger partial charge in [0.25, 0.3) is 5.91 Å². The number of anilines is 1. The molecule has 2 aromatic heterocycles. The minimum absolute atomic E-state index is 0.166. The van der Waals surface area contributed by atoms with E-state index in [1.54, 1.807) is 17.6 Å². The number of imidazole rings is 1. The monoisotopic (exact) mass is 336 g/mol. The minimum atomic E-state index is -0.541. The maximum Gasteiger partial charge on any atom is 0.251 e. The summed E-state index contributed by atoms with van der Waals surface area (Å²) in [6.45, 7) is 1.82. The molecule has 1 atom stereocenters. The molecule has 3 rings (SSSR count). The minimum Gasteiger partial charge on any atom is -0.366 e. The van der Waals surface area contributed by atoms with Crippen LogP contribution in [0.2, 0.25) is 0 Å². The molecule has 3 N–H and O–H groups in total. The van der Waals surface area contributed by atoms with Crippen molar-refractivity contribution >= 4 is 39.9 Å². The molecule has 0 radical (unpaired) electrons. The molecule has 2 aromatic rings. The van der Waals surface area contributed by atoms with Crippen LogP contribution in [-0.4, -0.2) is 26.6 Å². The molecule has 0 bridgehead atoms. The quantitative estimate of drug-likeness (QED) is 0.793. The van der Waals surface area contributed by atoms with Crippen molar-refractivity contribution in [3.05, 3.63) is 29.4 Å². The van der Waals surface area contributed by atoms with Crippen LogP contribution in [0.25, 0.3) is 0 Å². The van der Waals surface area contributed by atoms with Gasteiger partial charge in [0.15, 0.2) is 5.16 Å². The number of carbonyl (C=O) groups excluding carboxylic acids is 2. The van der Waals surface area contributed by atoms with Crippen molar-refractivity contribution in [2.45, 2.75) is 36.2 Å². The topological polar surface area (TPSA) is 90.0 Å². The first kappa shape index (κ1) is 15.1. The lowest BCUT2D eigenvalue weighted by molar-refractivity contribution is -0.115. The number of hydrogen-bond acceptors (Lipinski definition) is 5. The van der Waals surface area contributed by atoms with E-state index in [1.165, 1.54) is 35.9 Å². The summed E-state index contributed by atoms with van der Waals surface area (Å²) in [5.41, 5.74) is 5.62. The van der Waals surface area contributed by atoms with Crippen LogP contribution < -0.4 is 11.1 Å². The zero-order chi connectivity index (χ0) is 15.7. The number of aromatic nitrogens is 2. The summed E-state index contributed by atoms with van der Waals surface area (Å²) in [6, 6.07) is 2.14. The summed E-state index contributed by atoms with van der Waals surface area (Å²) < 4.78 is 2.12. The summed E-state index contributed by atoms with van der Waals surface area (Å²) in [6.07, 6.45) is 6.05. The fourth-order valence-electron chi connectivity index (χ4n) is 2.05. The normalized spacial score (nSPS) is 15.5.